The lowest BCUT2D eigenvalue weighted by molar-refractivity contribution is -0.124. The van der Waals surface area contributed by atoms with Crippen LogP contribution in [0.5, 0.6) is 5.75 Å². The van der Waals surface area contributed by atoms with E-state index in [0.717, 1.165) is 25.7 Å². The molecule has 2 heterocycles. The van der Waals surface area contributed by atoms with Crippen LogP contribution in [0.1, 0.15) is 57.2 Å². The number of nitrogens with zero attached hydrogens (tertiary/aromatic N) is 5. The Hall–Kier alpha value is -3.53. The van der Waals surface area contributed by atoms with Crippen LogP contribution in [-0.2, 0) is 4.79 Å². The minimum absolute atomic E-state index is 0.0939. The van der Waals surface area contributed by atoms with Gasteiger partial charge >= 0.3 is 0 Å². The Bertz CT molecular complexity index is 1070. The number of ether oxygens (including phenoxy) is 1. The third-order valence-corrected chi connectivity index (χ3v) is 6.07. The second-order valence-electron chi connectivity index (χ2n) is 8.49. The topological polar surface area (TPSA) is 109 Å². The van der Waals surface area contributed by atoms with Gasteiger partial charge in [-0.05, 0) is 37.1 Å². The molecule has 1 aromatic carbocycles. The highest BCUT2D eigenvalue weighted by Gasteiger charge is 2.23. The van der Waals surface area contributed by atoms with Gasteiger partial charge in [-0.15, -0.1) is 0 Å². The Kier molecular flexibility index (Phi) is 7.36. The third-order valence-electron chi connectivity index (χ3n) is 6.07. The van der Waals surface area contributed by atoms with Gasteiger partial charge in [0.25, 0.3) is 0 Å². The molecule has 34 heavy (non-hydrogen) atoms. The standard InChI is InChI=1S/C24H30FN7O2/c1-16(33)31-13-11-19(12-14-31)32(26)24-29-22(17-7-5-3-4-6-8-17)28-23(30-24)27-18-9-10-21(34-2)20(25)15-18/h9-15,17,19H,3-8,26H2,1-2H3,(H,27,28,29,30). The van der Waals surface area contributed by atoms with Gasteiger partial charge in [0.1, 0.15) is 5.82 Å². The molecule has 4 rings (SSSR count). The second-order valence-corrected chi connectivity index (χ2v) is 8.49. The molecule has 1 aliphatic heterocycles. The second kappa shape index (κ2) is 10.6. The number of anilines is 3. The van der Waals surface area contributed by atoms with Gasteiger partial charge in [-0.2, -0.15) is 15.0 Å². The zero-order valence-electron chi connectivity index (χ0n) is 19.4. The number of carbonyl (C=O) groups excluding carboxylic acids is 1. The van der Waals surface area contributed by atoms with Crippen LogP contribution < -0.4 is 20.9 Å². The molecule has 2 aliphatic rings. The quantitative estimate of drug-likeness (QED) is 0.371. The number of nitrogens with one attached hydrogen (secondary N) is 1. The van der Waals surface area contributed by atoms with Crippen molar-refractivity contribution >= 4 is 23.5 Å². The van der Waals surface area contributed by atoms with E-state index < -0.39 is 5.82 Å². The molecule has 1 fully saturated rings. The summed E-state index contributed by atoms with van der Waals surface area (Å²) < 4.78 is 19.2. The van der Waals surface area contributed by atoms with Crippen LogP contribution in [0, 0.1) is 5.82 Å². The van der Waals surface area contributed by atoms with Crippen LogP contribution in [0.25, 0.3) is 0 Å². The minimum Gasteiger partial charge on any atom is -0.494 e. The van der Waals surface area contributed by atoms with E-state index in [1.54, 1.807) is 36.7 Å². The number of rotatable bonds is 6. The van der Waals surface area contributed by atoms with Crippen molar-refractivity contribution in [3.63, 3.8) is 0 Å². The molecule has 180 valence electrons. The van der Waals surface area contributed by atoms with E-state index in [1.165, 1.54) is 42.9 Å². The van der Waals surface area contributed by atoms with Crippen molar-refractivity contribution in [1.29, 1.82) is 0 Å². The summed E-state index contributed by atoms with van der Waals surface area (Å²) in [5.74, 6) is 7.45. The smallest absolute Gasteiger partial charge is 0.245 e. The molecule has 9 nitrogen and oxygen atoms in total. The lowest BCUT2D eigenvalue weighted by Gasteiger charge is -2.27. The average molecular weight is 468 g/mol. The molecule has 1 saturated carbocycles. The van der Waals surface area contributed by atoms with Crippen molar-refractivity contribution in [2.45, 2.75) is 57.4 Å². The molecular formula is C24H30FN7O2. The largest absolute Gasteiger partial charge is 0.494 e. The maximum Gasteiger partial charge on any atom is 0.245 e. The zero-order chi connectivity index (χ0) is 24.1. The van der Waals surface area contributed by atoms with Crippen LogP contribution >= 0.6 is 0 Å². The maximum atomic E-state index is 14.2. The van der Waals surface area contributed by atoms with Crippen molar-refractivity contribution in [2.24, 2.45) is 5.84 Å². The molecular weight excluding hydrogens is 437 g/mol. The van der Waals surface area contributed by atoms with Gasteiger partial charge in [0.2, 0.25) is 17.8 Å². The molecule has 0 saturated heterocycles. The Morgan fingerprint density at radius 3 is 2.47 bits per heavy atom. The van der Waals surface area contributed by atoms with Gasteiger partial charge in [0.05, 0.1) is 13.2 Å². The first kappa shape index (κ1) is 23.6. The number of methoxy groups -OCH3 is 1. The van der Waals surface area contributed by atoms with Gasteiger partial charge in [-0.3, -0.25) is 14.7 Å². The summed E-state index contributed by atoms with van der Waals surface area (Å²) in [7, 11) is 1.42. The number of hydrogen-bond acceptors (Lipinski definition) is 8. The number of benzene rings is 1. The molecule has 2 aromatic rings. The summed E-state index contributed by atoms with van der Waals surface area (Å²) in [5, 5.41) is 4.52. The fourth-order valence-electron chi connectivity index (χ4n) is 4.15. The first-order valence-corrected chi connectivity index (χ1v) is 11.5. The summed E-state index contributed by atoms with van der Waals surface area (Å²) in [5.41, 5.74) is 0.486. The van der Waals surface area contributed by atoms with Crippen molar-refractivity contribution in [2.75, 3.05) is 17.4 Å². The molecule has 0 unspecified atom stereocenters. The Balaban J connectivity index is 1.64. The van der Waals surface area contributed by atoms with Crippen LogP contribution in [-0.4, -0.2) is 38.9 Å². The Morgan fingerprint density at radius 2 is 1.85 bits per heavy atom. The number of hydrazine groups is 1. The number of halogens is 1. The third kappa shape index (κ3) is 5.51. The van der Waals surface area contributed by atoms with E-state index in [-0.39, 0.29) is 23.6 Å². The Labute approximate surface area is 198 Å². The predicted molar refractivity (Wildman–Crippen MR) is 128 cm³/mol. The molecule has 0 atom stereocenters. The summed E-state index contributed by atoms with van der Waals surface area (Å²) in [6, 6.07) is 4.22. The molecule has 1 aromatic heterocycles. The highest BCUT2D eigenvalue weighted by atomic mass is 19.1. The van der Waals surface area contributed by atoms with E-state index >= 15 is 0 Å². The summed E-state index contributed by atoms with van der Waals surface area (Å²) in [6.07, 6.45) is 13.6. The highest BCUT2D eigenvalue weighted by Crippen LogP contribution is 2.31. The number of hydrogen-bond donors (Lipinski definition) is 2. The zero-order valence-corrected chi connectivity index (χ0v) is 19.4. The fraction of sp³-hybridized carbons (Fsp3) is 0.417. The van der Waals surface area contributed by atoms with Crippen LogP contribution in [0.4, 0.5) is 22.0 Å². The molecule has 10 heteroatoms. The first-order valence-electron chi connectivity index (χ1n) is 11.5. The number of nitrogens with two attached hydrogens (primary N) is 1. The molecule has 0 radical (unpaired) electrons. The van der Waals surface area contributed by atoms with E-state index in [1.807, 2.05) is 0 Å². The highest BCUT2D eigenvalue weighted by molar-refractivity contribution is 5.75. The van der Waals surface area contributed by atoms with Gasteiger partial charge in [-0.1, -0.05) is 25.7 Å². The van der Waals surface area contributed by atoms with Crippen molar-refractivity contribution in [3.05, 3.63) is 54.4 Å². The van der Waals surface area contributed by atoms with E-state index in [9.17, 15) is 9.18 Å². The lowest BCUT2D eigenvalue weighted by atomic mass is 10.00. The molecule has 3 N–H and O–H groups in total. The average Bonchev–Trinajstić information content (AvgIpc) is 3.13. The van der Waals surface area contributed by atoms with E-state index in [0.29, 0.717) is 23.4 Å². The van der Waals surface area contributed by atoms with Crippen LogP contribution in [0.3, 0.4) is 0 Å². The summed E-state index contributed by atoms with van der Waals surface area (Å²) >= 11 is 0. The summed E-state index contributed by atoms with van der Waals surface area (Å²) in [6.45, 7) is 1.49. The molecule has 1 amide bonds. The number of amides is 1. The Morgan fingerprint density at radius 1 is 1.15 bits per heavy atom. The summed E-state index contributed by atoms with van der Waals surface area (Å²) in [4.78, 5) is 26.9. The first-order chi connectivity index (χ1) is 16.4. The van der Waals surface area contributed by atoms with Gasteiger partial charge < -0.3 is 10.1 Å². The maximum absolute atomic E-state index is 14.2. The SMILES string of the molecule is COc1ccc(Nc2nc(C3CCCCCC3)nc(N(N)C3C=CN(C(C)=O)C=C3)n2)cc1F. The molecule has 0 spiro atoms. The van der Waals surface area contributed by atoms with Crippen molar-refractivity contribution < 1.29 is 13.9 Å². The monoisotopic (exact) mass is 467 g/mol. The van der Waals surface area contributed by atoms with Gasteiger partial charge in [-0.25, -0.2) is 10.2 Å². The van der Waals surface area contributed by atoms with E-state index in [2.05, 4.69) is 15.3 Å². The lowest BCUT2D eigenvalue weighted by Crippen LogP contribution is -2.42. The fourth-order valence-corrected chi connectivity index (χ4v) is 4.15. The van der Waals surface area contributed by atoms with Crippen molar-refractivity contribution in [3.8, 4) is 5.75 Å². The normalized spacial score (nSPS) is 16.9. The van der Waals surface area contributed by atoms with Crippen molar-refractivity contribution in [1.82, 2.24) is 19.9 Å². The van der Waals surface area contributed by atoms with Gasteiger partial charge in [0.15, 0.2) is 11.6 Å². The van der Waals surface area contributed by atoms with E-state index in [4.69, 9.17) is 15.6 Å². The van der Waals surface area contributed by atoms with Crippen LogP contribution in [0.15, 0.2) is 42.8 Å². The van der Waals surface area contributed by atoms with Gasteiger partial charge in [0, 0.05) is 37.0 Å². The number of aromatic nitrogens is 3. The predicted octanol–water partition coefficient (Wildman–Crippen LogP) is 4.14. The minimum atomic E-state index is -0.487. The molecule has 0 bridgehead atoms. The van der Waals surface area contributed by atoms with Crippen LogP contribution in [0.2, 0.25) is 0 Å². The molecule has 1 aliphatic carbocycles. The number of carbonyl (C=O) groups is 1.